The number of carboxylic acid groups (broad SMARTS) is 1. The van der Waals surface area contributed by atoms with E-state index in [0.717, 1.165) is 29.3 Å². The van der Waals surface area contributed by atoms with Crippen molar-refractivity contribution in [3.05, 3.63) is 34.3 Å². The van der Waals surface area contributed by atoms with E-state index in [4.69, 9.17) is 5.11 Å². The molecule has 1 aromatic rings. The van der Waals surface area contributed by atoms with Gasteiger partial charge >= 0.3 is 5.97 Å². The van der Waals surface area contributed by atoms with Crippen LogP contribution in [0.3, 0.4) is 0 Å². The molecule has 0 aliphatic rings. The first-order valence-corrected chi connectivity index (χ1v) is 7.60. The summed E-state index contributed by atoms with van der Waals surface area (Å²) in [6.45, 7) is 0.624. The Morgan fingerprint density at radius 3 is 2.40 bits per heavy atom. The minimum atomic E-state index is -0.761. The van der Waals surface area contributed by atoms with E-state index in [1.165, 1.54) is 0 Å². The second kappa shape index (κ2) is 9.53. The zero-order chi connectivity index (χ0) is 14.8. The molecule has 5 heteroatoms. The summed E-state index contributed by atoms with van der Waals surface area (Å²) < 4.78 is 1.03. The number of hydrogen-bond donors (Lipinski definition) is 2. The van der Waals surface area contributed by atoms with Gasteiger partial charge in [-0.3, -0.25) is 9.59 Å². The molecular formula is C15H20BrNO3. The minimum Gasteiger partial charge on any atom is -0.481 e. The molecule has 0 aromatic heterocycles. The van der Waals surface area contributed by atoms with Crippen molar-refractivity contribution in [2.75, 3.05) is 6.54 Å². The van der Waals surface area contributed by atoms with Crippen molar-refractivity contribution in [3.63, 3.8) is 0 Å². The average molecular weight is 342 g/mol. The lowest BCUT2D eigenvalue weighted by molar-refractivity contribution is -0.137. The van der Waals surface area contributed by atoms with Gasteiger partial charge in [-0.15, -0.1) is 0 Å². The van der Waals surface area contributed by atoms with Crippen LogP contribution in [0.1, 0.15) is 37.7 Å². The van der Waals surface area contributed by atoms with Crippen molar-refractivity contribution in [1.82, 2.24) is 5.32 Å². The third-order valence-electron chi connectivity index (χ3n) is 2.94. The average Bonchev–Trinajstić information content (AvgIpc) is 2.41. The quantitative estimate of drug-likeness (QED) is 0.678. The number of aryl methyl sites for hydroxylation is 1. The summed E-state index contributed by atoms with van der Waals surface area (Å²) in [4.78, 5) is 21.9. The fourth-order valence-electron chi connectivity index (χ4n) is 1.80. The first-order chi connectivity index (χ1) is 9.58. The minimum absolute atomic E-state index is 0.0474. The Kier molecular flexibility index (Phi) is 7.95. The van der Waals surface area contributed by atoms with Crippen molar-refractivity contribution in [2.45, 2.75) is 38.5 Å². The van der Waals surface area contributed by atoms with Crippen LogP contribution < -0.4 is 5.32 Å². The molecule has 0 aliphatic carbocycles. The first kappa shape index (κ1) is 16.7. The molecule has 0 fully saturated rings. The Hall–Kier alpha value is -1.36. The number of halogens is 1. The molecule has 0 bridgehead atoms. The van der Waals surface area contributed by atoms with Gasteiger partial charge < -0.3 is 10.4 Å². The number of amides is 1. The highest BCUT2D eigenvalue weighted by atomic mass is 79.9. The smallest absolute Gasteiger partial charge is 0.303 e. The Bertz CT molecular complexity index is 431. The SMILES string of the molecule is O=C(O)CCCCCNC(=O)CCc1ccc(Br)cc1. The molecule has 0 saturated carbocycles. The van der Waals surface area contributed by atoms with Crippen LogP contribution in [0.25, 0.3) is 0 Å². The molecule has 2 N–H and O–H groups in total. The van der Waals surface area contributed by atoms with E-state index in [0.29, 0.717) is 19.4 Å². The summed E-state index contributed by atoms with van der Waals surface area (Å²) in [5, 5.41) is 11.3. The molecule has 0 saturated heterocycles. The number of carboxylic acids is 1. The second-order valence-electron chi connectivity index (χ2n) is 4.68. The fraction of sp³-hybridized carbons (Fsp3) is 0.467. The van der Waals surface area contributed by atoms with E-state index in [1.54, 1.807) is 0 Å². The first-order valence-electron chi connectivity index (χ1n) is 6.81. The summed E-state index contributed by atoms with van der Waals surface area (Å²) >= 11 is 3.37. The molecule has 20 heavy (non-hydrogen) atoms. The zero-order valence-corrected chi connectivity index (χ0v) is 13.0. The van der Waals surface area contributed by atoms with Crippen LogP contribution in [-0.4, -0.2) is 23.5 Å². The van der Waals surface area contributed by atoms with Crippen molar-refractivity contribution in [3.8, 4) is 0 Å². The molecule has 0 radical (unpaired) electrons. The molecule has 0 atom stereocenters. The molecule has 0 spiro atoms. The molecule has 1 rings (SSSR count). The number of carbonyl (C=O) groups is 2. The van der Waals surface area contributed by atoms with E-state index in [-0.39, 0.29) is 12.3 Å². The normalized spacial score (nSPS) is 10.2. The van der Waals surface area contributed by atoms with E-state index in [2.05, 4.69) is 21.2 Å². The lowest BCUT2D eigenvalue weighted by Crippen LogP contribution is -2.24. The Morgan fingerprint density at radius 2 is 1.75 bits per heavy atom. The number of nitrogens with one attached hydrogen (secondary N) is 1. The maximum absolute atomic E-state index is 11.6. The summed E-state index contributed by atoms with van der Waals surface area (Å²) in [5.74, 6) is -0.713. The van der Waals surface area contributed by atoms with Gasteiger partial charge in [-0.1, -0.05) is 34.5 Å². The fourth-order valence-corrected chi connectivity index (χ4v) is 2.07. The van der Waals surface area contributed by atoms with E-state index < -0.39 is 5.97 Å². The number of rotatable bonds is 9. The molecule has 0 aliphatic heterocycles. The highest BCUT2D eigenvalue weighted by molar-refractivity contribution is 9.10. The van der Waals surface area contributed by atoms with Crippen molar-refractivity contribution in [2.24, 2.45) is 0 Å². The maximum Gasteiger partial charge on any atom is 0.303 e. The molecule has 0 heterocycles. The molecule has 110 valence electrons. The molecule has 0 unspecified atom stereocenters. The Labute approximate surface area is 127 Å². The molecule has 1 amide bonds. The van der Waals surface area contributed by atoms with Crippen LogP contribution >= 0.6 is 15.9 Å². The monoisotopic (exact) mass is 341 g/mol. The van der Waals surface area contributed by atoms with Crippen LogP contribution in [0.15, 0.2) is 28.7 Å². The standard InChI is InChI=1S/C15H20BrNO3/c16-13-8-5-12(6-9-13)7-10-14(18)17-11-3-1-2-4-15(19)20/h5-6,8-9H,1-4,7,10-11H2,(H,17,18)(H,19,20). The van der Waals surface area contributed by atoms with E-state index >= 15 is 0 Å². The van der Waals surface area contributed by atoms with E-state index in [1.807, 2.05) is 24.3 Å². The van der Waals surface area contributed by atoms with E-state index in [9.17, 15) is 9.59 Å². The van der Waals surface area contributed by atoms with Gasteiger partial charge in [-0.05, 0) is 37.0 Å². The van der Waals surface area contributed by atoms with Crippen LogP contribution in [0.4, 0.5) is 0 Å². The highest BCUT2D eigenvalue weighted by Crippen LogP contribution is 2.11. The van der Waals surface area contributed by atoms with Crippen molar-refractivity contribution in [1.29, 1.82) is 0 Å². The third kappa shape index (κ3) is 7.94. The summed E-state index contributed by atoms with van der Waals surface area (Å²) in [7, 11) is 0. The summed E-state index contributed by atoms with van der Waals surface area (Å²) in [6, 6.07) is 7.94. The maximum atomic E-state index is 11.6. The van der Waals surface area contributed by atoms with Gasteiger partial charge in [0.1, 0.15) is 0 Å². The lowest BCUT2D eigenvalue weighted by atomic mass is 10.1. The van der Waals surface area contributed by atoms with Gasteiger partial charge in [0.05, 0.1) is 0 Å². The number of hydrogen-bond acceptors (Lipinski definition) is 2. The highest BCUT2D eigenvalue weighted by Gasteiger charge is 2.02. The Morgan fingerprint density at radius 1 is 1.05 bits per heavy atom. The van der Waals surface area contributed by atoms with Crippen LogP contribution in [0.2, 0.25) is 0 Å². The predicted molar refractivity (Wildman–Crippen MR) is 81.6 cm³/mol. The van der Waals surface area contributed by atoms with Gasteiger partial charge in [-0.2, -0.15) is 0 Å². The number of unbranched alkanes of at least 4 members (excludes halogenated alkanes) is 2. The number of aliphatic carboxylic acids is 1. The van der Waals surface area contributed by atoms with Crippen LogP contribution in [0.5, 0.6) is 0 Å². The third-order valence-corrected chi connectivity index (χ3v) is 3.47. The topological polar surface area (TPSA) is 66.4 Å². The van der Waals surface area contributed by atoms with Gasteiger partial charge in [-0.25, -0.2) is 0 Å². The lowest BCUT2D eigenvalue weighted by Gasteiger charge is -2.05. The van der Waals surface area contributed by atoms with Gasteiger partial charge in [0.15, 0.2) is 0 Å². The largest absolute Gasteiger partial charge is 0.481 e. The van der Waals surface area contributed by atoms with Crippen molar-refractivity contribution < 1.29 is 14.7 Å². The number of carbonyl (C=O) groups excluding carboxylic acids is 1. The molecular weight excluding hydrogens is 322 g/mol. The van der Waals surface area contributed by atoms with Gasteiger partial charge in [0.25, 0.3) is 0 Å². The predicted octanol–water partition coefficient (Wildman–Crippen LogP) is 3.14. The summed E-state index contributed by atoms with van der Waals surface area (Å²) in [5.41, 5.74) is 1.14. The van der Waals surface area contributed by atoms with Crippen LogP contribution in [-0.2, 0) is 16.0 Å². The second-order valence-corrected chi connectivity index (χ2v) is 5.60. The molecule has 1 aromatic carbocycles. The van der Waals surface area contributed by atoms with Crippen LogP contribution in [0, 0.1) is 0 Å². The molecule has 4 nitrogen and oxygen atoms in total. The van der Waals surface area contributed by atoms with Gasteiger partial charge in [0.2, 0.25) is 5.91 Å². The van der Waals surface area contributed by atoms with Crippen molar-refractivity contribution >= 4 is 27.8 Å². The van der Waals surface area contributed by atoms with Gasteiger partial charge in [0, 0.05) is 23.9 Å². The number of benzene rings is 1. The summed E-state index contributed by atoms with van der Waals surface area (Å²) in [6.07, 6.45) is 3.76. The zero-order valence-electron chi connectivity index (χ0n) is 11.4. The Balaban J connectivity index is 2.06.